The van der Waals surface area contributed by atoms with Gasteiger partial charge in [-0.25, -0.2) is 4.79 Å². The molecule has 7 heteroatoms. The molecular weight excluding hydrogens is 362 g/mol. The standard InChI is InChI=1S/C16H18BrN3O3/c1-2-23-16(21)13-8-19-20(11-5-6-22-9-11)15(13)12-4-3-10(17)7-14(12)18/h3-4,7-8,11H,2,5-6,9,18H2,1H3. The molecule has 1 unspecified atom stereocenters. The molecule has 1 fully saturated rings. The molecule has 1 aromatic heterocycles. The third-order valence-electron chi connectivity index (χ3n) is 3.81. The van der Waals surface area contributed by atoms with Crippen LogP contribution in [0.3, 0.4) is 0 Å². The van der Waals surface area contributed by atoms with Crippen molar-refractivity contribution in [2.24, 2.45) is 0 Å². The van der Waals surface area contributed by atoms with Gasteiger partial charge in [-0.2, -0.15) is 5.10 Å². The molecule has 122 valence electrons. The summed E-state index contributed by atoms with van der Waals surface area (Å²) >= 11 is 3.40. The van der Waals surface area contributed by atoms with Crippen LogP contribution >= 0.6 is 15.9 Å². The first-order valence-electron chi connectivity index (χ1n) is 7.49. The van der Waals surface area contributed by atoms with E-state index in [-0.39, 0.29) is 6.04 Å². The molecule has 1 aliphatic rings. The van der Waals surface area contributed by atoms with Crippen LogP contribution in [0.5, 0.6) is 0 Å². The fraction of sp³-hybridized carbons (Fsp3) is 0.375. The van der Waals surface area contributed by atoms with E-state index in [4.69, 9.17) is 15.2 Å². The fourth-order valence-electron chi connectivity index (χ4n) is 2.73. The molecule has 0 saturated carbocycles. The Labute approximate surface area is 142 Å². The summed E-state index contributed by atoms with van der Waals surface area (Å²) < 4.78 is 13.3. The van der Waals surface area contributed by atoms with E-state index in [2.05, 4.69) is 21.0 Å². The predicted octanol–water partition coefficient (Wildman–Crippen LogP) is 3.03. The number of nitrogens with zero attached hydrogens (tertiary/aromatic N) is 2. The van der Waals surface area contributed by atoms with Gasteiger partial charge in [0, 0.05) is 22.3 Å². The van der Waals surface area contributed by atoms with Crippen molar-refractivity contribution in [3.63, 3.8) is 0 Å². The minimum Gasteiger partial charge on any atom is -0.462 e. The molecule has 1 aromatic carbocycles. The second-order valence-electron chi connectivity index (χ2n) is 5.32. The van der Waals surface area contributed by atoms with E-state index in [0.717, 1.165) is 16.5 Å². The number of carbonyl (C=O) groups is 1. The van der Waals surface area contributed by atoms with Gasteiger partial charge in [-0.1, -0.05) is 15.9 Å². The van der Waals surface area contributed by atoms with Gasteiger partial charge in [0.2, 0.25) is 0 Å². The molecule has 1 saturated heterocycles. The quantitative estimate of drug-likeness (QED) is 0.652. The number of anilines is 1. The summed E-state index contributed by atoms with van der Waals surface area (Å²) in [5, 5.41) is 4.41. The van der Waals surface area contributed by atoms with E-state index in [1.165, 1.54) is 0 Å². The van der Waals surface area contributed by atoms with Crippen molar-refractivity contribution < 1.29 is 14.3 Å². The lowest BCUT2D eigenvalue weighted by atomic mass is 10.0. The molecule has 0 radical (unpaired) electrons. The summed E-state index contributed by atoms with van der Waals surface area (Å²) in [4.78, 5) is 12.3. The number of hydrogen-bond donors (Lipinski definition) is 1. The Hall–Kier alpha value is -1.86. The summed E-state index contributed by atoms with van der Waals surface area (Å²) in [5.74, 6) is -0.394. The monoisotopic (exact) mass is 379 g/mol. The summed E-state index contributed by atoms with van der Waals surface area (Å²) in [6.45, 7) is 3.36. The van der Waals surface area contributed by atoms with Crippen molar-refractivity contribution in [2.75, 3.05) is 25.6 Å². The normalized spacial score (nSPS) is 17.4. The van der Waals surface area contributed by atoms with Crippen LogP contribution in [0.4, 0.5) is 5.69 Å². The number of carbonyl (C=O) groups excluding carboxylic acids is 1. The Morgan fingerprint density at radius 3 is 3.04 bits per heavy atom. The van der Waals surface area contributed by atoms with E-state index in [0.29, 0.717) is 36.8 Å². The van der Waals surface area contributed by atoms with Crippen molar-refractivity contribution >= 4 is 27.6 Å². The largest absolute Gasteiger partial charge is 0.462 e. The van der Waals surface area contributed by atoms with Crippen LogP contribution in [0.15, 0.2) is 28.9 Å². The molecule has 2 heterocycles. The number of aromatic nitrogens is 2. The average molecular weight is 380 g/mol. The van der Waals surface area contributed by atoms with Gasteiger partial charge in [-0.05, 0) is 31.5 Å². The van der Waals surface area contributed by atoms with E-state index in [1.54, 1.807) is 13.1 Å². The van der Waals surface area contributed by atoms with Crippen LogP contribution in [-0.4, -0.2) is 35.6 Å². The number of nitrogen functional groups attached to an aromatic ring is 1. The SMILES string of the molecule is CCOC(=O)c1cnn(C2CCOC2)c1-c1ccc(Br)cc1N. The van der Waals surface area contributed by atoms with Gasteiger partial charge in [0.15, 0.2) is 0 Å². The Morgan fingerprint density at radius 2 is 2.39 bits per heavy atom. The summed E-state index contributed by atoms with van der Waals surface area (Å²) in [6, 6.07) is 5.68. The van der Waals surface area contributed by atoms with E-state index in [9.17, 15) is 4.79 Å². The van der Waals surface area contributed by atoms with Crippen LogP contribution < -0.4 is 5.73 Å². The average Bonchev–Trinajstić information content (AvgIpc) is 3.16. The molecule has 0 aliphatic carbocycles. The van der Waals surface area contributed by atoms with Crippen molar-refractivity contribution in [3.05, 3.63) is 34.4 Å². The van der Waals surface area contributed by atoms with Gasteiger partial charge < -0.3 is 15.2 Å². The van der Waals surface area contributed by atoms with Crippen molar-refractivity contribution in [3.8, 4) is 11.3 Å². The maximum Gasteiger partial charge on any atom is 0.341 e. The Kier molecular flexibility index (Phi) is 4.68. The number of nitrogens with two attached hydrogens (primary N) is 1. The lowest BCUT2D eigenvalue weighted by Gasteiger charge is -2.16. The number of halogens is 1. The Morgan fingerprint density at radius 1 is 1.57 bits per heavy atom. The maximum absolute atomic E-state index is 12.3. The topological polar surface area (TPSA) is 79.4 Å². The Bertz CT molecular complexity index is 723. The molecule has 6 nitrogen and oxygen atoms in total. The molecule has 0 spiro atoms. The first-order valence-corrected chi connectivity index (χ1v) is 8.29. The van der Waals surface area contributed by atoms with E-state index < -0.39 is 5.97 Å². The highest BCUT2D eigenvalue weighted by molar-refractivity contribution is 9.10. The van der Waals surface area contributed by atoms with Gasteiger partial charge >= 0.3 is 5.97 Å². The van der Waals surface area contributed by atoms with E-state index in [1.807, 2.05) is 22.9 Å². The number of ether oxygens (including phenoxy) is 2. The zero-order chi connectivity index (χ0) is 16.4. The van der Waals surface area contributed by atoms with Gasteiger partial charge in [0.05, 0.1) is 31.1 Å². The van der Waals surface area contributed by atoms with Crippen LogP contribution in [0.2, 0.25) is 0 Å². The molecule has 23 heavy (non-hydrogen) atoms. The smallest absolute Gasteiger partial charge is 0.341 e. The van der Waals surface area contributed by atoms with Crippen molar-refractivity contribution in [2.45, 2.75) is 19.4 Å². The molecule has 0 bridgehead atoms. The molecule has 1 aliphatic heterocycles. The predicted molar refractivity (Wildman–Crippen MR) is 90.2 cm³/mol. The molecule has 1 atom stereocenters. The highest BCUT2D eigenvalue weighted by atomic mass is 79.9. The molecule has 2 aromatic rings. The summed E-state index contributed by atoms with van der Waals surface area (Å²) in [7, 11) is 0. The van der Waals surface area contributed by atoms with Gasteiger partial charge in [0.1, 0.15) is 5.56 Å². The van der Waals surface area contributed by atoms with Crippen molar-refractivity contribution in [1.82, 2.24) is 9.78 Å². The third-order valence-corrected chi connectivity index (χ3v) is 4.30. The Balaban J connectivity index is 2.13. The molecule has 0 amide bonds. The van der Waals surface area contributed by atoms with Crippen LogP contribution in [-0.2, 0) is 9.47 Å². The van der Waals surface area contributed by atoms with Crippen LogP contribution in [0.25, 0.3) is 11.3 Å². The fourth-order valence-corrected chi connectivity index (χ4v) is 3.11. The second kappa shape index (κ2) is 6.72. The highest BCUT2D eigenvalue weighted by Crippen LogP contribution is 2.34. The van der Waals surface area contributed by atoms with Gasteiger partial charge in [0.25, 0.3) is 0 Å². The molecular formula is C16H18BrN3O3. The zero-order valence-corrected chi connectivity index (χ0v) is 14.4. The minimum atomic E-state index is -0.394. The lowest BCUT2D eigenvalue weighted by Crippen LogP contribution is -2.14. The third kappa shape index (κ3) is 3.11. The number of esters is 1. The summed E-state index contributed by atoms with van der Waals surface area (Å²) in [5.41, 5.74) is 8.62. The number of rotatable bonds is 4. The van der Waals surface area contributed by atoms with Gasteiger partial charge in [-0.3, -0.25) is 4.68 Å². The van der Waals surface area contributed by atoms with Crippen LogP contribution in [0.1, 0.15) is 29.7 Å². The first kappa shape index (κ1) is 16.0. The van der Waals surface area contributed by atoms with Gasteiger partial charge in [-0.15, -0.1) is 0 Å². The van der Waals surface area contributed by atoms with Crippen molar-refractivity contribution in [1.29, 1.82) is 0 Å². The number of hydrogen-bond acceptors (Lipinski definition) is 5. The lowest BCUT2D eigenvalue weighted by molar-refractivity contribution is 0.0527. The first-order chi connectivity index (χ1) is 11.1. The molecule has 3 rings (SSSR count). The second-order valence-corrected chi connectivity index (χ2v) is 6.24. The maximum atomic E-state index is 12.3. The molecule has 2 N–H and O–H groups in total. The minimum absolute atomic E-state index is 0.0937. The van der Waals surface area contributed by atoms with Crippen LogP contribution in [0, 0.1) is 0 Å². The summed E-state index contributed by atoms with van der Waals surface area (Å²) in [6.07, 6.45) is 2.40. The highest BCUT2D eigenvalue weighted by Gasteiger charge is 2.27. The zero-order valence-electron chi connectivity index (χ0n) is 12.8. The number of benzene rings is 1. The van der Waals surface area contributed by atoms with E-state index >= 15 is 0 Å².